The first-order valence-electron chi connectivity index (χ1n) is 8.49. The third-order valence-corrected chi connectivity index (χ3v) is 7.90. The number of nitrogens with zero attached hydrogens (tertiary/aromatic N) is 1. The van der Waals surface area contributed by atoms with E-state index in [0.717, 1.165) is 11.4 Å². The van der Waals surface area contributed by atoms with Gasteiger partial charge in [0, 0.05) is 11.3 Å². The van der Waals surface area contributed by atoms with E-state index in [-0.39, 0.29) is 12.5 Å². The second kappa shape index (κ2) is 8.01. The summed E-state index contributed by atoms with van der Waals surface area (Å²) in [5, 5.41) is 5.52. The van der Waals surface area contributed by atoms with Gasteiger partial charge in [0.05, 0.1) is 10.3 Å². The number of benzene rings is 1. The van der Waals surface area contributed by atoms with Crippen LogP contribution in [-0.2, 0) is 4.79 Å². The number of carbonyl (C=O) groups is 1. The highest BCUT2D eigenvalue weighted by atomic mass is 32.2. The molecule has 132 valence electrons. The molecule has 1 saturated heterocycles. The quantitative estimate of drug-likeness (QED) is 0.757. The Balaban J connectivity index is 1.26. The number of rotatable bonds is 6. The van der Waals surface area contributed by atoms with E-state index >= 15 is 0 Å². The topological polar surface area (TPSA) is 51.2 Å². The second-order valence-corrected chi connectivity index (χ2v) is 9.77. The summed E-state index contributed by atoms with van der Waals surface area (Å²) in [6, 6.07) is 8.11. The third kappa shape index (κ3) is 4.71. The minimum Gasteiger partial charge on any atom is -0.484 e. The van der Waals surface area contributed by atoms with Crippen molar-refractivity contribution >= 4 is 45.9 Å². The molecule has 1 saturated carbocycles. The monoisotopic (exact) mass is 392 g/mol. The predicted octanol–water partition coefficient (Wildman–Crippen LogP) is 4.91. The van der Waals surface area contributed by atoms with Gasteiger partial charge in [-0.25, -0.2) is 4.98 Å². The number of carbonyl (C=O) groups excluding carboxylic acids is 1. The van der Waals surface area contributed by atoms with Crippen molar-refractivity contribution < 1.29 is 9.53 Å². The SMILES string of the molecule is O=C(COc1ccc(C2SCCCS2)cc1)Nc1nc(C2CC2)cs1. The maximum atomic E-state index is 12.0. The van der Waals surface area contributed by atoms with Gasteiger partial charge in [-0.2, -0.15) is 0 Å². The van der Waals surface area contributed by atoms with Crippen LogP contribution >= 0.6 is 34.9 Å². The van der Waals surface area contributed by atoms with Crippen LogP contribution in [0.25, 0.3) is 0 Å². The fourth-order valence-electron chi connectivity index (χ4n) is 2.62. The van der Waals surface area contributed by atoms with E-state index in [0.29, 0.717) is 15.6 Å². The van der Waals surface area contributed by atoms with E-state index in [1.54, 1.807) is 0 Å². The van der Waals surface area contributed by atoms with E-state index < -0.39 is 0 Å². The van der Waals surface area contributed by atoms with E-state index in [1.165, 1.54) is 47.7 Å². The zero-order valence-corrected chi connectivity index (χ0v) is 16.2. The highest BCUT2D eigenvalue weighted by Gasteiger charge is 2.26. The Labute approximate surface area is 160 Å². The molecule has 1 amide bonds. The van der Waals surface area contributed by atoms with Crippen LogP contribution in [0, 0.1) is 0 Å². The number of amides is 1. The normalized spacial score (nSPS) is 18.1. The zero-order chi connectivity index (χ0) is 17.1. The molecule has 1 aliphatic heterocycles. The molecule has 2 aromatic rings. The molecular formula is C18H20N2O2S3. The number of anilines is 1. The molecule has 0 spiro atoms. The fourth-order valence-corrected chi connectivity index (χ4v) is 6.32. The van der Waals surface area contributed by atoms with Gasteiger partial charge in [0.25, 0.3) is 5.91 Å². The van der Waals surface area contributed by atoms with Crippen molar-refractivity contribution in [1.82, 2.24) is 4.98 Å². The Kier molecular flexibility index (Phi) is 5.53. The highest BCUT2D eigenvalue weighted by Crippen LogP contribution is 2.44. The molecule has 2 heterocycles. The lowest BCUT2D eigenvalue weighted by Crippen LogP contribution is -2.20. The Morgan fingerprint density at radius 1 is 1.20 bits per heavy atom. The molecule has 7 heteroatoms. The molecule has 4 rings (SSSR count). The molecule has 1 aromatic heterocycles. The van der Waals surface area contributed by atoms with Gasteiger partial charge in [-0.3, -0.25) is 10.1 Å². The molecule has 1 N–H and O–H groups in total. The Bertz CT molecular complexity index is 722. The number of nitrogens with one attached hydrogen (secondary N) is 1. The molecule has 25 heavy (non-hydrogen) atoms. The number of thiazole rings is 1. The number of hydrogen-bond donors (Lipinski definition) is 1. The maximum Gasteiger partial charge on any atom is 0.264 e. The van der Waals surface area contributed by atoms with E-state index in [9.17, 15) is 4.79 Å². The summed E-state index contributed by atoms with van der Waals surface area (Å²) in [6.45, 7) is 0.00458. The van der Waals surface area contributed by atoms with Crippen LogP contribution in [0.15, 0.2) is 29.6 Å². The minimum absolute atomic E-state index is 0.00458. The smallest absolute Gasteiger partial charge is 0.264 e. The lowest BCUT2D eigenvalue weighted by molar-refractivity contribution is -0.118. The van der Waals surface area contributed by atoms with E-state index in [2.05, 4.69) is 22.4 Å². The van der Waals surface area contributed by atoms with Crippen molar-refractivity contribution in [1.29, 1.82) is 0 Å². The molecule has 0 bridgehead atoms. The van der Waals surface area contributed by atoms with Gasteiger partial charge in [0.1, 0.15) is 5.75 Å². The molecule has 1 aliphatic carbocycles. The first-order valence-corrected chi connectivity index (χ1v) is 11.5. The summed E-state index contributed by atoms with van der Waals surface area (Å²) in [6.07, 6.45) is 3.73. The summed E-state index contributed by atoms with van der Waals surface area (Å²) in [4.78, 5) is 16.5. The Hall–Kier alpha value is -1.18. The number of ether oxygens (including phenoxy) is 1. The van der Waals surface area contributed by atoms with Crippen LogP contribution in [0.2, 0.25) is 0 Å². The van der Waals surface area contributed by atoms with Crippen molar-refractivity contribution in [3.8, 4) is 5.75 Å². The Morgan fingerprint density at radius 3 is 2.68 bits per heavy atom. The molecule has 1 aromatic carbocycles. The highest BCUT2D eigenvalue weighted by molar-refractivity contribution is 8.16. The lowest BCUT2D eigenvalue weighted by Gasteiger charge is -2.21. The lowest BCUT2D eigenvalue weighted by atomic mass is 10.2. The van der Waals surface area contributed by atoms with Crippen LogP contribution in [0.5, 0.6) is 5.75 Å². The molecule has 0 unspecified atom stereocenters. The average Bonchev–Trinajstić information content (AvgIpc) is 3.41. The molecule has 4 nitrogen and oxygen atoms in total. The van der Waals surface area contributed by atoms with Crippen molar-refractivity contribution in [2.75, 3.05) is 23.4 Å². The van der Waals surface area contributed by atoms with Crippen LogP contribution in [0.3, 0.4) is 0 Å². The van der Waals surface area contributed by atoms with Gasteiger partial charge in [-0.1, -0.05) is 12.1 Å². The van der Waals surface area contributed by atoms with E-state index in [4.69, 9.17) is 4.74 Å². The second-order valence-electron chi connectivity index (χ2n) is 6.18. The average molecular weight is 393 g/mol. The van der Waals surface area contributed by atoms with Gasteiger partial charge in [0.2, 0.25) is 0 Å². The predicted molar refractivity (Wildman–Crippen MR) is 107 cm³/mol. The van der Waals surface area contributed by atoms with Gasteiger partial charge in [-0.15, -0.1) is 34.9 Å². The van der Waals surface area contributed by atoms with Gasteiger partial charge >= 0.3 is 0 Å². The molecule has 2 aliphatic rings. The van der Waals surface area contributed by atoms with E-state index in [1.807, 2.05) is 41.0 Å². The number of aromatic nitrogens is 1. The molecule has 0 atom stereocenters. The fraction of sp³-hybridized carbons (Fsp3) is 0.444. The number of thioether (sulfide) groups is 2. The molecule has 0 radical (unpaired) electrons. The van der Waals surface area contributed by atoms with Crippen molar-refractivity contribution in [3.63, 3.8) is 0 Å². The van der Waals surface area contributed by atoms with Gasteiger partial charge in [0.15, 0.2) is 11.7 Å². The summed E-state index contributed by atoms with van der Waals surface area (Å²) in [7, 11) is 0. The summed E-state index contributed by atoms with van der Waals surface area (Å²) in [5.41, 5.74) is 2.43. The van der Waals surface area contributed by atoms with Gasteiger partial charge in [-0.05, 0) is 48.5 Å². The standard InChI is InChI=1S/C18H20N2O2S3/c21-16(20-18-19-15(11-25-18)12-2-3-12)10-22-14-6-4-13(5-7-14)17-23-8-1-9-24-17/h4-7,11-12,17H,1-3,8-10H2,(H,19,20,21). The zero-order valence-electron chi connectivity index (χ0n) is 13.8. The van der Waals surface area contributed by atoms with Crippen LogP contribution in [-0.4, -0.2) is 29.0 Å². The summed E-state index contributed by atoms with van der Waals surface area (Å²) < 4.78 is 6.12. The van der Waals surface area contributed by atoms with Crippen molar-refractivity contribution in [2.24, 2.45) is 0 Å². The Morgan fingerprint density at radius 2 is 1.96 bits per heavy atom. The van der Waals surface area contributed by atoms with Crippen LogP contribution < -0.4 is 10.1 Å². The van der Waals surface area contributed by atoms with Crippen molar-refractivity contribution in [2.45, 2.75) is 29.8 Å². The molecular weight excluding hydrogens is 372 g/mol. The first kappa shape index (κ1) is 17.2. The molecule has 2 fully saturated rings. The summed E-state index contributed by atoms with van der Waals surface area (Å²) in [5.74, 6) is 3.63. The number of hydrogen-bond acceptors (Lipinski definition) is 6. The van der Waals surface area contributed by atoms with Crippen LogP contribution in [0.4, 0.5) is 5.13 Å². The largest absolute Gasteiger partial charge is 0.484 e. The van der Waals surface area contributed by atoms with Gasteiger partial charge < -0.3 is 4.74 Å². The van der Waals surface area contributed by atoms with Crippen molar-refractivity contribution in [3.05, 3.63) is 40.9 Å². The van der Waals surface area contributed by atoms with Crippen LogP contribution in [0.1, 0.15) is 41.0 Å². The third-order valence-electron chi connectivity index (χ3n) is 4.11. The minimum atomic E-state index is -0.167. The first-order chi connectivity index (χ1) is 12.3. The maximum absolute atomic E-state index is 12.0. The summed E-state index contributed by atoms with van der Waals surface area (Å²) >= 11 is 5.49.